The van der Waals surface area contributed by atoms with E-state index in [9.17, 15) is 13.2 Å². The lowest BCUT2D eigenvalue weighted by molar-refractivity contribution is -0.125. The summed E-state index contributed by atoms with van der Waals surface area (Å²) >= 11 is 0. The van der Waals surface area contributed by atoms with E-state index in [2.05, 4.69) is 4.72 Å². The molecule has 1 atom stereocenters. The SMILES string of the molecule is Cc1cc(C)c(C)c(S(=O)(=O)NC(=O)C(C)Oc2ccccc2C#N)c1C. The fourth-order valence-electron chi connectivity index (χ4n) is 2.76. The van der Waals surface area contributed by atoms with Gasteiger partial charge in [-0.15, -0.1) is 0 Å². The van der Waals surface area contributed by atoms with Crippen LogP contribution < -0.4 is 9.46 Å². The van der Waals surface area contributed by atoms with Gasteiger partial charge in [0.05, 0.1) is 10.5 Å². The molecule has 0 aliphatic rings. The van der Waals surface area contributed by atoms with Gasteiger partial charge in [-0.05, 0) is 69.0 Å². The summed E-state index contributed by atoms with van der Waals surface area (Å²) in [5, 5.41) is 9.09. The van der Waals surface area contributed by atoms with E-state index in [4.69, 9.17) is 10.00 Å². The van der Waals surface area contributed by atoms with Crippen LogP contribution in [-0.2, 0) is 14.8 Å². The van der Waals surface area contributed by atoms with Gasteiger partial charge in [0.25, 0.3) is 15.9 Å². The van der Waals surface area contributed by atoms with Crippen molar-refractivity contribution in [3.8, 4) is 11.8 Å². The number of aryl methyl sites for hydroxylation is 2. The van der Waals surface area contributed by atoms with Crippen molar-refractivity contribution >= 4 is 15.9 Å². The Bertz CT molecular complexity index is 1010. The van der Waals surface area contributed by atoms with Gasteiger partial charge in [0.2, 0.25) is 0 Å². The highest BCUT2D eigenvalue weighted by molar-refractivity contribution is 7.90. The topological polar surface area (TPSA) is 96.3 Å². The molecule has 0 fully saturated rings. The van der Waals surface area contributed by atoms with Crippen LogP contribution in [0.2, 0.25) is 0 Å². The van der Waals surface area contributed by atoms with Crippen molar-refractivity contribution in [3.63, 3.8) is 0 Å². The van der Waals surface area contributed by atoms with Crippen LogP contribution in [0.15, 0.2) is 35.2 Å². The quantitative estimate of drug-likeness (QED) is 0.852. The normalized spacial score (nSPS) is 12.1. The molecule has 0 saturated carbocycles. The van der Waals surface area contributed by atoms with Crippen molar-refractivity contribution < 1.29 is 17.9 Å². The number of amides is 1. The fraction of sp³-hybridized carbons (Fsp3) is 0.300. The molecule has 6 nitrogen and oxygen atoms in total. The smallest absolute Gasteiger partial charge is 0.274 e. The van der Waals surface area contributed by atoms with E-state index in [1.165, 1.54) is 6.92 Å². The zero-order valence-electron chi connectivity index (χ0n) is 16.0. The third-order valence-electron chi connectivity index (χ3n) is 4.48. The Hall–Kier alpha value is -2.85. The molecule has 1 unspecified atom stereocenters. The Morgan fingerprint density at radius 3 is 2.22 bits per heavy atom. The zero-order valence-corrected chi connectivity index (χ0v) is 16.8. The van der Waals surface area contributed by atoms with Crippen LogP contribution in [0.5, 0.6) is 5.75 Å². The van der Waals surface area contributed by atoms with Crippen LogP contribution in [0.25, 0.3) is 0 Å². The van der Waals surface area contributed by atoms with Crippen molar-refractivity contribution in [2.75, 3.05) is 0 Å². The number of carbonyl (C=O) groups excluding carboxylic acids is 1. The Morgan fingerprint density at radius 1 is 1.11 bits per heavy atom. The van der Waals surface area contributed by atoms with Gasteiger partial charge in [0.1, 0.15) is 11.8 Å². The third-order valence-corrected chi connectivity index (χ3v) is 6.10. The molecule has 1 N–H and O–H groups in total. The summed E-state index contributed by atoms with van der Waals surface area (Å²) in [5.41, 5.74) is 3.13. The first-order valence-electron chi connectivity index (χ1n) is 8.38. The number of sulfonamides is 1. The number of nitrogens with one attached hydrogen (secondary N) is 1. The highest BCUT2D eigenvalue weighted by atomic mass is 32.2. The molecular weight excluding hydrogens is 364 g/mol. The molecule has 0 saturated heterocycles. The van der Waals surface area contributed by atoms with Crippen LogP contribution >= 0.6 is 0 Å². The van der Waals surface area contributed by atoms with E-state index in [1.807, 2.05) is 26.0 Å². The van der Waals surface area contributed by atoms with E-state index < -0.39 is 22.0 Å². The molecular formula is C20H22N2O4S. The lowest BCUT2D eigenvalue weighted by atomic mass is 10.0. The second kappa shape index (κ2) is 7.80. The highest BCUT2D eigenvalue weighted by Crippen LogP contribution is 2.26. The van der Waals surface area contributed by atoms with Crippen LogP contribution in [0.1, 0.15) is 34.7 Å². The molecule has 0 aliphatic heterocycles. The Morgan fingerprint density at radius 2 is 1.67 bits per heavy atom. The largest absolute Gasteiger partial charge is 0.479 e. The van der Waals surface area contributed by atoms with Crippen molar-refractivity contribution in [1.29, 1.82) is 5.26 Å². The van der Waals surface area contributed by atoms with Crippen molar-refractivity contribution in [2.45, 2.75) is 45.6 Å². The summed E-state index contributed by atoms with van der Waals surface area (Å²) in [6.45, 7) is 8.51. The summed E-state index contributed by atoms with van der Waals surface area (Å²) in [5.74, 6) is -0.584. The minimum Gasteiger partial charge on any atom is -0.479 e. The highest BCUT2D eigenvalue weighted by Gasteiger charge is 2.27. The maximum absolute atomic E-state index is 12.8. The predicted octanol–water partition coefficient (Wildman–Crippen LogP) is 3.06. The Labute approximate surface area is 159 Å². The maximum Gasteiger partial charge on any atom is 0.274 e. The molecule has 142 valence electrons. The second-order valence-corrected chi connectivity index (χ2v) is 8.05. The molecule has 0 radical (unpaired) electrons. The average Bonchev–Trinajstić information content (AvgIpc) is 2.60. The van der Waals surface area contributed by atoms with Gasteiger partial charge in [-0.25, -0.2) is 13.1 Å². The van der Waals surface area contributed by atoms with Gasteiger partial charge in [0, 0.05) is 0 Å². The van der Waals surface area contributed by atoms with Crippen LogP contribution in [-0.4, -0.2) is 20.4 Å². The lowest BCUT2D eigenvalue weighted by Crippen LogP contribution is -2.40. The summed E-state index contributed by atoms with van der Waals surface area (Å²) in [7, 11) is -4.06. The molecule has 2 rings (SSSR count). The Balaban J connectivity index is 2.28. The number of carbonyl (C=O) groups is 1. The number of benzene rings is 2. The summed E-state index contributed by atoms with van der Waals surface area (Å²) in [6.07, 6.45) is -1.10. The molecule has 1 amide bonds. The first-order chi connectivity index (χ1) is 12.6. The van der Waals surface area contributed by atoms with Crippen LogP contribution in [0.3, 0.4) is 0 Å². The second-order valence-electron chi connectivity index (χ2n) is 6.43. The fourth-order valence-corrected chi connectivity index (χ4v) is 4.42. The molecule has 0 bridgehead atoms. The lowest BCUT2D eigenvalue weighted by Gasteiger charge is -2.18. The van der Waals surface area contributed by atoms with Gasteiger partial charge < -0.3 is 4.74 Å². The number of nitrogens with zero attached hydrogens (tertiary/aromatic N) is 1. The molecule has 0 spiro atoms. The number of nitriles is 1. The number of hydrogen-bond donors (Lipinski definition) is 1. The standard InChI is InChI=1S/C20H22N2O4S/c1-12-10-13(2)15(4)19(14(12)3)27(24,25)22-20(23)16(5)26-18-9-7-6-8-17(18)11-21/h6-10,16H,1-5H3,(H,22,23). The number of rotatable bonds is 5. The first-order valence-corrected chi connectivity index (χ1v) is 9.86. The number of para-hydroxylation sites is 1. The minimum absolute atomic E-state index is 0.109. The summed E-state index contributed by atoms with van der Waals surface area (Å²) < 4.78 is 33.2. The molecule has 27 heavy (non-hydrogen) atoms. The zero-order chi connectivity index (χ0) is 20.4. The molecule has 2 aromatic rings. The summed E-state index contributed by atoms with van der Waals surface area (Å²) in [6, 6.07) is 10.3. The monoisotopic (exact) mass is 386 g/mol. The summed E-state index contributed by atoms with van der Waals surface area (Å²) in [4.78, 5) is 12.5. The number of hydrogen-bond acceptors (Lipinski definition) is 5. The first kappa shape index (κ1) is 20.5. The molecule has 0 aliphatic carbocycles. The third kappa shape index (κ3) is 4.29. The molecule has 0 aromatic heterocycles. The van der Waals surface area contributed by atoms with Gasteiger partial charge in [-0.3, -0.25) is 4.79 Å². The van der Waals surface area contributed by atoms with Crippen molar-refractivity contribution in [2.24, 2.45) is 0 Å². The van der Waals surface area contributed by atoms with E-state index in [1.54, 1.807) is 38.1 Å². The van der Waals surface area contributed by atoms with Crippen LogP contribution in [0, 0.1) is 39.0 Å². The van der Waals surface area contributed by atoms with Gasteiger partial charge in [-0.1, -0.05) is 18.2 Å². The number of ether oxygens (including phenoxy) is 1. The van der Waals surface area contributed by atoms with Gasteiger partial charge >= 0.3 is 0 Å². The average molecular weight is 386 g/mol. The molecule has 7 heteroatoms. The van der Waals surface area contributed by atoms with Crippen molar-refractivity contribution in [3.05, 3.63) is 58.1 Å². The Kier molecular flexibility index (Phi) is 5.91. The van der Waals surface area contributed by atoms with Gasteiger partial charge in [0.15, 0.2) is 6.10 Å². The van der Waals surface area contributed by atoms with Crippen LogP contribution in [0.4, 0.5) is 0 Å². The van der Waals surface area contributed by atoms with E-state index in [0.29, 0.717) is 11.1 Å². The van der Waals surface area contributed by atoms with Gasteiger partial charge in [-0.2, -0.15) is 5.26 Å². The predicted molar refractivity (Wildman–Crippen MR) is 102 cm³/mol. The van der Waals surface area contributed by atoms with Crippen molar-refractivity contribution in [1.82, 2.24) is 4.72 Å². The van der Waals surface area contributed by atoms with E-state index in [-0.39, 0.29) is 16.2 Å². The molecule has 2 aromatic carbocycles. The minimum atomic E-state index is -4.06. The maximum atomic E-state index is 12.8. The van der Waals surface area contributed by atoms with E-state index >= 15 is 0 Å². The van der Waals surface area contributed by atoms with E-state index in [0.717, 1.165) is 11.1 Å². The molecule has 0 heterocycles.